The number of rotatable bonds is 4. The molecular weight excluding hydrogens is 390 g/mol. The Hall–Kier alpha value is -2.54. The number of ether oxygens (including phenoxy) is 4. The highest BCUT2D eigenvalue weighted by Crippen LogP contribution is 2.39. The van der Waals surface area contributed by atoms with Crippen LogP contribution in [0.25, 0.3) is 0 Å². The maximum absolute atomic E-state index is 13.0. The maximum Gasteiger partial charge on any atom is 0.233 e. The SMILES string of the molecule is O=C(CSc1ccc2c(c1)OCCO2)N1CCC[C@@H]1c1ccc2c(c1)OCCO2. The molecule has 0 bridgehead atoms. The van der Waals surface area contributed by atoms with Gasteiger partial charge < -0.3 is 23.8 Å². The molecule has 0 unspecified atom stereocenters. The zero-order valence-electron chi connectivity index (χ0n) is 16.1. The van der Waals surface area contributed by atoms with Crippen LogP contribution in [0.1, 0.15) is 24.4 Å². The van der Waals surface area contributed by atoms with Crippen LogP contribution >= 0.6 is 11.8 Å². The van der Waals surface area contributed by atoms with E-state index in [9.17, 15) is 4.79 Å². The maximum atomic E-state index is 13.0. The summed E-state index contributed by atoms with van der Waals surface area (Å²) in [5.41, 5.74) is 1.12. The zero-order chi connectivity index (χ0) is 19.6. The predicted octanol–water partition coefficient (Wildman–Crippen LogP) is 3.68. The Bertz CT molecular complexity index is 918. The van der Waals surface area contributed by atoms with Gasteiger partial charge in [0.05, 0.1) is 11.8 Å². The molecule has 1 saturated heterocycles. The summed E-state index contributed by atoms with van der Waals surface area (Å²) in [6.07, 6.45) is 1.99. The highest BCUT2D eigenvalue weighted by Gasteiger charge is 2.30. The largest absolute Gasteiger partial charge is 0.486 e. The molecule has 3 aliphatic rings. The van der Waals surface area contributed by atoms with Crippen LogP contribution in [0.5, 0.6) is 23.0 Å². The number of benzene rings is 2. The van der Waals surface area contributed by atoms with E-state index in [4.69, 9.17) is 18.9 Å². The van der Waals surface area contributed by atoms with Gasteiger partial charge >= 0.3 is 0 Å². The lowest BCUT2D eigenvalue weighted by atomic mass is 10.0. The summed E-state index contributed by atoms with van der Waals surface area (Å²) in [5.74, 6) is 3.64. The average molecular weight is 413 g/mol. The number of likely N-dealkylation sites (tertiary alicyclic amines) is 1. The first-order valence-corrected chi connectivity index (χ1v) is 11.0. The van der Waals surface area contributed by atoms with E-state index in [1.807, 2.05) is 35.2 Å². The number of carbonyl (C=O) groups is 1. The van der Waals surface area contributed by atoms with Crippen molar-refractivity contribution in [2.45, 2.75) is 23.8 Å². The lowest BCUT2D eigenvalue weighted by Gasteiger charge is -2.27. The summed E-state index contributed by atoms with van der Waals surface area (Å²) in [5, 5.41) is 0. The fourth-order valence-electron chi connectivity index (χ4n) is 4.02. The summed E-state index contributed by atoms with van der Waals surface area (Å²) in [4.78, 5) is 16.0. The van der Waals surface area contributed by atoms with Crippen LogP contribution in [0.2, 0.25) is 0 Å². The smallest absolute Gasteiger partial charge is 0.233 e. The Balaban J connectivity index is 1.26. The van der Waals surface area contributed by atoms with Crippen molar-refractivity contribution in [1.82, 2.24) is 4.90 Å². The van der Waals surface area contributed by atoms with Crippen molar-refractivity contribution in [1.29, 1.82) is 0 Å². The molecule has 1 amide bonds. The van der Waals surface area contributed by atoms with Crippen LogP contribution in [0, 0.1) is 0 Å². The van der Waals surface area contributed by atoms with Crippen molar-refractivity contribution in [2.75, 3.05) is 38.7 Å². The van der Waals surface area contributed by atoms with Crippen molar-refractivity contribution < 1.29 is 23.7 Å². The number of hydrogen-bond acceptors (Lipinski definition) is 6. The molecule has 6 nitrogen and oxygen atoms in total. The minimum atomic E-state index is 0.0965. The van der Waals surface area contributed by atoms with Gasteiger partial charge in [0, 0.05) is 11.4 Å². The number of carbonyl (C=O) groups excluding carboxylic acids is 1. The molecule has 0 aliphatic carbocycles. The third-order valence-electron chi connectivity index (χ3n) is 5.40. The first-order chi connectivity index (χ1) is 14.3. The third-order valence-corrected chi connectivity index (χ3v) is 6.38. The second kappa shape index (κ2) is 8.06. The molecule has 3 heterocycles. The quantitative estimate of drug-likeness (QED) is 0.713. The molecule has 0 radical (unpaired) electrons. The third kappa shape index (κ3) is 3.83. The molecular formula is C22H23NO5S. The Kier molecular flexibility index (Phi) is 5.14. The van der Waals surface area contributed by atoms with Gasteiger partial charge in [-0.15, -0.1) is 11.8 Å². The van der Waals surface area contributed by atoms with Gasteiger partial charge in [0.15, 0.2) is 23.0 Å². The van der Waals surface area contributed by atoms with E-state index >= 15 is 0 Å². The molecule has 1 fully saturated rings. The van der Waals surface area contributed by atoms with Gasteiger partial charge in [-0.25, -0.2) is 0 Å². The fourth-order valence-corrected chi connectivity index (χ4v) is 4.83. The normalized spacial score (nSPS) is 19.9. The van der Waals surface area contributed by atoms with Gasteiger partial charge in [0.25, 0.3) is 0 Å². The Morgan fingerprint density at radius 3 is 2.31 bits per heavy atom. The van der Waals surface area contributed by atoms with Gasteiger partial charge in [0.1, 0.15) is 26.4 Å². The van der Waals surface area contributed by atoms with Crippen molar-refractivity contribution in [2.24, 2.45) is 0 Å². The molecule has 7 heteroatoms. The number of amides is 1. The van der Waals surface area contributed by atoms with Crippen molar-refractivity contribution >= 4 is 17.7 Å². The lowest BCUT2D eigenvalue weighted by Crippen LogP contribution is -2.32. The van der Waals surface area contributed by atoms with Crippen molar-refractivity contribution in [3.63, 3.8) is 0 Å². The Labute approximate surface area is 174 Å². The highest BCUT2D eigenvalue weighted by molar-refractivity contribution is 8.00. The van der Waals surface area contributed by atoms with Crippen LogP contribution in [-0.4, -0.2) is 49.5 Å². The van der Waals surface area contributed by atoms with E-state index in [2.05, 4.69) is 6.07 Å². The summed E-state index contributed by atoms with van der Waals surface area (Å²) < 4.78 is 22.5. The summed E-state index contributed by atoms with van der Waals surface area (Å²) in [6, 6.07) is 12.0. The van der Waals surface area contributed by atoms with E-state index in [-0.39, 0.29) is 11.9 Å². The molecule has 152 valence electrons. The second-order valence-electron chi connectivity index (χ2n) is 7.24. The van der Waals surface area contributed by atoms with E-state index in [0.717, 1.165) is 52.8 Å². The monoisotopic (exact) mass is 413 g/mol. The van der Waals surface area contributed by atoms with Crippen LogP contribution in [0.3, 0.4) is 0 Å². The molecule has 29 heavy (non-hydrogen) atoms. The summed E-state index contributed by atoms with van der Waals surface area (Å²) in [6.45, 7) is 3.08. The van der Waals surface area contributed by atoms with Gasteiger partial charge in [-0.05, 0) is 48.7 Å². The first kappa shape index (κ1) is 18.5. The molecule has 0 spiro atoms. The lowest BCUT2D eigenvalue weighted by molar-refractivity contribution is -0.129. The molecule has 5 rings (SSSR count). The van der Waals surface area contributed by atoms with Crippen LogP contribution in [0.15, 0.2) is 41.3 Å². The van der Waals surface area contributed by atoms with Crippen LogP contribution in [-0.2, 0) is 4.79 Å². The van der Waals surface area contributed by atoms with Crippen LogP contribution in [0.4, 0.5) is 0 Å². The summed E-state index contributed by atoms with van der Waals surface area (Å²) in [7, 11) is 0. The fraction of sp³-hybridized carbons (Fsp3) is 0.409. The molecule has 3 aliphatic heterocycles. The zero-order valence-corrected chi connectivity index (χ0v) is 16.9. The predicted molar refractivity (Wildman–Crippen MR) is 109 cm³/mol. The van der Waals surface area contributed by atoms with Crippen LogP contribution < -0.4 is 18.9 Å². The minimum Gasteiger partial charge on any atom is -0.486 e. The van der Waals surface area contributed by atoms with E-state index in [1.165, 1.54) is 11.8 Å². The molecule has 1 atom stereocenters. The first-order valence-electron chi connectivity index (χ1n) is 9.99. The Morgan fingerprint density at radius 1 is 0.897 bits per heavy atom. The van der Waals surface area contributed by atoms with E-state index in [1.54, 1.807) is 0 Å². The van der Waals surface area contributed by atoms with Gasteiger partial charge in [-0.2, -0.15) is 0 Å². The number of hydrogen-bond donors (Lipinski definition) is 0. The van der Waals surface area contributed by atoms with E-state index in [0.29, 0.717) is 32.2 Å². The highest BCUT2D eigenvalue weighted by atomic mass is 32.2. The van der Waals surface area contributed by atoms with Crippen molar-refractivity contribution in [3.8, 4) is 23.0 Å². The van der Waals surface area contributed by atoms with Gasteiger partial charge in [-0.3, -0.25) is 4.79 Å². The average Bonchev–Trinajstić information content (AvgIpc) is 3.27. The van der Waals surface area contributed by atoms with Gasteiger partial charge in [-0.1, -0.05) is 6.07 Å². The van der Waals surface area contributed by atoms with E-state index < -0.39 is 0 Å². The number of thioether (sulfide) groups is 1. The standard InChI is InChI=1S/C22H23NO5S/c24-22(14-29-16-4-6-19-21(13-16)28-11-9-26-19)23-7-1-2-17(23)15-3-5-18-20(12-15)27-10-8-25-18/h3-6,12-13,17H,1-2,7-11,14H2/t17-/m1/s1. The summed E-state index contributed by atoms with van der Waals surface area (Å²) >= 11 is 1.54. The minimum absolute atomic E-state index is 0.0965. The topological polar surface area (TPSA) is 57.2 Å². The molecule has 0 aromatic heterocycles. The molecule has 0 N–H and O–H groups in total. The molecule has 2 aromatic rings. The number of nitrogens with zero attached hydrogens (tertiary/aromatic N) is 1. The Morgan fingerprint density at radius 2 is 1.55 bits per heavy atom. The second-order valence-corrected chi connectivity index (χ2v) is 8.29. The van der Waals surface area contributed by atoms with Gasteiger partial charge in [0.2, 0.25) is 5.91 Å². The molecule has 2 aromatic carbocycles. The number of fused-ring (bicyclic) bond motifs is 2. The van der Waals surface area contributed by atoms with Crippen molar-refractivity contribution in [3.05, 3.63) is 42.0 Å². The molecule has 0 saturated carbocycles.